The third-order valence-electron chi connectivity index (χ3n) is 12.3. The molecule has 0 aliphatic heterocycles. The molecule has 2 nitrogen and oxygen atoms in total. The lowest BCUT2D eigenvalue weighted by Gasteiger charge is -2.26. The van der Waals surface area contributed by atoms with Crippen molar-refractivity contribution in [2.24, 2.45) is 0 Å². The highest BCUT2D eigenvalue weighted by Gasteiger charge is 2.34. The number of aromatic nitrogens is 2. The summed E-state index contributed by atoms with van der Waals surface area (Å²) in [6.45, 7) is 0. The van der Waals surface area contributed by atoms with Crippen LogP contribution in [0.2, 0.25) is 0 Å². The van der Waals surface area contributed by atoms with E-state index in [4.69, 9.17) is 4.98 Å². The SMILES string of the molecule is c1ccc(-c2c(-c3ccccc3)c(-c3ccccc3)c3c(c2-c2ccccc2)-c2cccc4c(-c5ccc6c(c5)nc(-c5ccccc5)n6-c5ccccc5)ccc-3c24)cc1. The molecule has 0 radical (unpaired) electrons. The maximum Gasteiger partial charge on any atom is 0.145 e. The fourth-order valence-electron chi connectivity index (χ4n) is 9.80. The number of hydrogen-bond donors (Lipinski definition) is 0. The van der Waals surface area contributed by atoms with Crippen molar-refractivity contribution < 1.29 is 0 Å². The van der Waals surface area contributed by atoms with Crippen LogP contribution in [0.5, 0.6) is 0 Å². The first kappa shape index (κ1) is 34.9. The summed E-state index contributed by atoms with van der Waals surface area (Å²) in [5, 5.41) is 2.52. The van der Waals surface area contributed by atoms with Crippen LogP contribution in [0.1, 0.15) is 0 Å². The lowest BCUT2D eigenvalue weighted by molar-refractivity contribution is 1.10. The van der Waals surface area contributed by atoms with Gasteiger partial charge < -0.3 is 0 Å². The van der Waals surface area contributed by atoms with Gasteiger partial charge in [-0.1, -0.05) is 206 Å². The largest absolute Gasteiger partial charge is 0.292 e. The van der Waals surface area contributed by atoms with Gasteiger partial charge in [0, 0.05) is 11.3 Å². The van der Waals surface area contributed by atoms with E-state index in [9.17, 15) is 0 Å². The highest BCUT2D eigenvalue weighted by Crippen LogP contribution is 2.61. The summed E-state index contributed by atoms with van der Waals surface area (Å²) in [6.07, 6.45) is 0. The first-order chi connectivity index (χ1) is 30.3. The van der Waals surface area contributed by atoms with E-state index in [1.165, 1.54) is 83.1 Å². The van der Waals surface area contributed by atoms with Gasteiger partial charge in [-0.25, -0.2) is 4.98 Å². The summed E-state index contributed by atoms with van der Waals surface area (Å²) >= 11 is 0. The predicted octanol–water partition coefficient (Wildman–Crippen LogP) is 15.8. The number of benzene rings is 10. The summed E-state index contributed by atoms with van der Waals surface area (Å²) in [5.74, 6) is 0.931. The Morgan fingerprint density at radius 1 is 0.295 bits per heavy atom. The zero-order valence-electron chi connectivity index (χ0n) is 33.3. The van der Waals surface area contributed by atoms with Crippen LogP contribution >= 0.6 is 0 Å². The monoisotopic (exact) mass is 774 g/mol. The van der Waals surface area contributed by atoms with Crippen molar-refractivity contribution in [1.82, 2.24) is 9.55 Å². The zero-order chi connectivity index (χ0) is 40.3. The van der Waals surface area contributed by atoms with E-state index in [1.807, 2.05) is 0 Å². The van der Waals surface area contributed by atoms with Crippen molar-refractivity contribution in [2.45, 2.75) is 0 Å². The van der Waals surface area contributed by atoms with E-state index >= 15 is 0 Å². The van der Waals surface area contributed by atoms with Crippen molar-refractivity contribution >= 4 is 21.8 Å². The van der Waals surface area contributed by atoms with Gasteiger partial charge in [0.2, 0.25) is 0 Å². The van der Waals surface area contributed by atoms with Crippen molar-refractivity contribution in [1.29, 1.82) is 0 Å². The molecular formula is C59H38N2. The minimum Gasteiger partial charge on any atom is -0.292 e. The van der Waals surface area contributed by atoms with Gasteiger partial charge in [-0.05, 0) is 113 Å². The smallest absolute Gasteiger partial charge is 0.145 e. The van der Waals surface area contributed by atoms with E-state index in [0.717, 1.165) is 33.7 Å². The molecule has 11 aromatic rings. The van der Waals surface area contributed by atoms with Gasteiger partial charge in [-0.15, -0.1) is 0 Å². The highest BCUT2D eigenvalue weighted by molar-refractivity contribution is 6.27. The van der Waals surface area contributed by atoms with Crippen molar-refractivity contribution in [3.63, 3.8) is 0 Å². The second-order valence-corrected chi connectivity index (χ2v) is 15.8. The average Bonchev–Trinajstić information content (AvgIpc) is 3.89. The molecule has 0 saturated heterocycles. The zero-order valence-corrected chi connectivity index (χ0v) is 33.3. The number of nitrogens with zero attached hydrogens (tertiary/aromatic N) is 2. The normalized spacial score (nSPS) is 11.6. The molecule has 0 atom stereocenters. The van der Waals surface area contributed by atoms with Crippen LogP contribution < -0.4 is 0 Å². The summed E-state index contributed by atoms with van der Waals surface area (Å²) in [7, 11) is 0. The van der Waals surface area contributed by atoms with E-state index in [2.05, 4.69) is 235 Å². The lowest BCUT2D eigenvalue weighted by Crippen LogP contribution is -1.99. The lowest BCUT2D eigenvalue weighted by atomic mass is 9.76. The maximum absolute atomic E-state index is 5.34. The fraction of sp³-hybridized carbons (Fsp3) is 0. The minimum atomic E-state index is 0.931. The Kier molecular flexibility index (Phi) is 8.21. The molecule has 0 amide bonds. The van der Waals surface area contributed by atoms with Crippen LogP contribution in [0.25, 0.3) is 117 Å². The van der Waals surface area contributed by atoms with E-state index < -0.39 is 0 Å². The molecule has 1 aliphatic rings. The van der Waals surface area contributed by atoms with Crippen LogP contribution in [0.4, 0.5) is 0 Å². The molecule has 0 bridgehead atoms. The van der Waals surface area contributed by atoms with Gasteiger partial charge in [0.1, 0.15) is 5.82 Å². The Hall–Kier alpha value is -8.07. The molecule has 1 aromatic heterocycles. The van der Waals surface area contributed by atoms with E-state index in [1.54, 1.807) is 0 Å². The van der Waals surface area contributed by atoms with Crippen LogP contribution in [-0.2, 0) is 0 Å². The standard InChI is InChI=1S/C59H38N2/c1-7-20-39(21-8-1)52-53(40-22-9-2-10-23-40)55(42-26-13-4-14-27-42)58-49-36-35-46(47-32-19-33-48(56(47)49)57(58)54(52)41-24-11-3-12-25-41)44-34-37-51-50(38-44)60-59(43-28-15-5-16-29-43)61(51)45-30-17-6-18-31-45/h1-38H. The fourth-order valence-corrected chi connectivity index (χ4v) is 9.80. The van der Waals surface area contributed by atoms with Crippen LogP contribution in [0.15, 0.2) is 231 Å². The van der Waals surface area contributed by atoms with Gasteiger partial charge in [0.15, 0.2) is 0 Å². The molecule has 0 saturated carbocycles. The third-order valence-corrected chi connectivity index (χ3v) is 12.3. The number of imidazole rings is 1. The minimum absolute atomic E-state index is 0.931. The Morgan fingerprint density at radius 3 is 1.23 bits per heavy atom. The van der Waals surface area contributed by atoms with Crippen LogP contribution in [-0.4, -0.2) is 9.55 Å². The molecule has 1 heterocycles. The van der Waals surface area contributed by atoms with Crippen molar-refractivity contribution in [3.8, 4) is 95.0 Å². The number of rotatable bonds is 7. The topological polar surface area (TPSA) is 17.8 Å². The second kappa shape index (κ2) is 14.3. The highest BCUT2D eigenvalue weighted by atomic mass is 15.1. The Bertz CT molecular complexity index is 3290. The van der Waals surface area contributed by atoms with Crippen LogP contribution in [0.3, 0.4) is 0 Å². The first-order valence-corrected chi connectivity index (χ1v) is 21.0. The quantitative estimate of drug-likeness (QED) is 0.158. The maximum atomic E-state index is 5.34. The van der Waals surface area contributed by atoms with Gasteiger partial charge in [0.25, 0.3) is 0 Å². The molecule has 1 aliphatic carbocycles. The van der Waals surface area contributed by atoms with E-state index in [-0.39, 0.29) is 0 Å². The molecule has 2 heteroatoms. The first-order valence-electron chi connectivity index (χ1n) is 21.0. The Labute approximate surface area is 355 Å². The van der Waals surface area contributed by atoms with Gasteiger partial charge in [-0.2, -0.15) is 0 Å². The van der Waals surface area contributed by atoms with Crippen LogP contribution in [0, 0.1) is 0 Å². The number of fused-ring (bicyclic) bond motifs is 4. The molecule has 10 aromatic carbocycles. The summed E-state index contributed by atoms with van der Waals surface area (Å²) in [4.78, 5) is 5.34. The number of hydrogen-bond acceptors (Lipinski definition) is 1. The van der Waals surface area contributed by atoms with Gasteiger partial charge in [-0.3, -0.25) is 4.57 Å². The molecule has 12 rings (SSSR count). The van der Waals surface area contributed by atoms with Crippen molar-refractivity contribution in [2.75, 3.05) is 0 Å². The Balaban J connectivity index is 1.17. The van der Waals surface area contributed by atoms with E-state index in [0.29, 0.717) is 0 Å². The second-order valence-electron chi connectivity index (χ2n) is 15.8. The average molecular weight is 775 g/mol. The molecule has 0 unspecified atom stereocenters. The molecule has 61 heavy (non-hydrogen) atoms. The van der Waals surface area contributed by atoms with Crippen molar-refractivity contribution in [3.05, 3.63) is 231 Å². The molecule has 284 valence electrons. The van der Waals surface area contributed by atoms with Gasteiger partial charge in [0.05, 0.1) is 11.0 Å². The molecule has 0 fully saturated rings. The summed E-state index contributed by atoms with van der Waals surface area (Å²) in [6, 6.07) is 83.5. The van der Waals surface area contributed by atoms with Gasteiger partial charge >= 0.3 is 0 Å². The molecular weight excluding hydrogens is 737 g/mol. The molecule has 0 N–H and O–H groups in total. The molecule has 0 spiro atoms. The summed E-state index contributed by atoms with van der Waals surface area (Å²) < 4.78 is 2.28. The third kappa shape index (κ3) is 5.61. The summed E-state index contributed by atoms with van der Waals surface area (Å²) in [5.41, 5.74) is 21.4. The number of para-hydroxylation sites is 1. The predicted molar refractivity (Wildman–Crippen MR) is 256 cm³/mol. The Morgan fingerprint density at radius 2 is 0.721 bits per heavy atom.